The SMILES string of the molecule is CCC(=O)NCCCC[C@H](C)C(C)=O.COCCONC(=O)COCCOCCCC(=O)CCCCCCCCCCCCCCCCC(=O)O.C[C@@H](CO)C(N)=O. The highest BCUT2D eigenvalue weighted by Crippen LogP contribution is 2.14. The summed E-state index contributed by atoms with van der Waals surface area (Å²) in [6.07, 6.45) is 22.3. The molecule has 0 heterocycles. The topological polar surface area (TPSA) is 230 Å². The van der Waals surface area contributed by atoms with E-state index in [1.165, 1.54) is 57.8 Å². The maximum atomic E-state index is 12.0. The summed E-state index contributed by atoms with van der Waals surface area (Å²) in [5, 5.41) is 19.6. The maximum Gasteiger partial charge on any atom is 0.303 e. The van der Waals surface area contributed by atoms with Crippen molar-refractivity contribution >= 4 is 35.3 Å². The van der Waals surface area contributed by atoms with E-state index in [1.807, 2.05) is 13.8 Å². The normalized spacial score (nSPS) is 11.6. The van der Waals surface area contributed by atoms with Gasteiger partial charge in [-0.2, -0.15) is 0 Å². The number of hydrogen-bond donors (Lipinski definition) is 5. The summed E-state index contributed by atoms with van der Waals surface area (Å²) in [5.74, 6) is -1.07. The van der Waals surface area contributed by atoms with Gasteiger partial charge >= 0.3 is 5.97 Å². The lowest BCUT2D eigenvalue weighted by atomic mass is 10.0. The first kappa shape index (κ1) is 59.3. The van der Waals surface area contributed by atoms with Crippen molar-refractivity contribution in [1.82, 2.24) is 10.8 Å². The molecule has 0 saturated carbocycles. The van der Waals surface area contributed by atoms with Gasteiger partial charge in [0.05, 0.1) is 39.0 Å². The van der Waals surface area contributed by atoms with Crippen LogP contribution in [0.25, 0.3) is 0 Å². The first-order valence-corrected chi connectivity index (χ1v) is 21.8. The van der Waals surface area contributed by atoms with Gasteiger partial charge in [0.2, 0.25) is 11.8 Å². The Kier molecular flexibility index (Phi) is 47.8. The first-order valence-electron chi connectivity index (χ1n) is 21.8. The maximum absolute atomic E-state index is 12.0. The largest absolute Gasteiger partial charge is 0.481 e. The number of carboxylic acids is 1. The zero-order chi connectivity index (χ0) is 44.1. The molecule has 15 heteroatoms. The Morgan fingerprint density at radius 2 is 1.14 bits per heavy atom. The van der Waals surface area contributed by atoms with Crippen molar-refractivity contribution in [2.45, 2.75) is 169 Å². The minimum Gasteiger partial charge on any atom is -0.481 e. The molecule has 0 aliphatic heterocycles. The standard InChI is InChI=1S/C28H53NO8.C11H21NO2.C4H9NO2/c1-34-21-24-37-29-27(31)25-36-23-22-35-20-16-18-26(30)17-14-12-10-8-6-4-2-3-5-7-9-11-13-15-19-28(32)33;1-4-11(14)12-8-6-5-7-9(2)10(3)13;1-3(2-6)4(5)7/h2-25H2,1H3,(H,29,31)(H,32,33);9H,4-8H2,1-3H3,(H,12,14);3,6H,2H2,1H3,(H2,5,7)/t;9-;3-/m.00/s1. The third-order valence-electron chi connectivity index (χ3n) is 9.18. The van der Waals surface area contributed by atoms with Crippen molar-refractivity contribution in [2.75, 3.05) is 59.9 Å². The van der Waals surface area contributed by atoms with E-state index in [2.05, 4.69) is 10.8 Å². The van der Waals surface area contributed by atoms with Crippen LogP contribution in [0.15, 0.2) is 0 Å². The van der Waals surface area contributed by atoms with E-state index >= 15 is 0 Å². The van der Waals surface area contributed by atoms with Gasteiger partial charge in [-0.3, -0.25) is 33.6 Å². The van der Waals surface area contributed by atoms with Crippen LogP contribution in [0.4, 0.5) is 0 Å². The molecule has 0 aliphatic carbocycles. The molecular formula is C43H83N3O12. The van der Waals surface area contributed by atoms with E-state index in [4.69, 9.17) is 35.0 Å². The number of amides is 3. The molecule has 3 amide bonds. The highest BCUT2D eigenvalue weighted by Gasteiger charge is 2.07. The number of primary amides is 1. The van der Waals surface area contributed by atoms with Crippen LogP contribution in [0.1, 0.15) is 169 Å². The number of hydrogen-bond acceptors (Lipinski definition) is 11. The van der Waals surface area contributed by atoms with Crippen LogP contribution < -0.4 is 16.5 Å². The van der Waals surface area contributed by atoms with E-state index in [1.54, 1.807) is 21.0 Å². The molecule has 0 unspecified atom stereocenters. The molecule has 342 valence electrons. The van der Waals surface area contributed by atoms with Gasteiger partial charge in [-0.15, -0.1) is 0 Å². The Balaban J connectivity index is -0.00000117. The smallest absolute Gasteiger partial charge is 0.303 e. The zero-order valence-electron chi connectivity index (χ0n) is 36.9. The second-order valence-corrected chi connectivity index (χ2v) is 14.7. The van der Waals surface area contributed by atoms with Crippen molar-refractivity contribution in [2.24, 2.45) is 17.6 Å². The Morgan fingerprint density at radius 1 is 0.621 bits per heavy atom. The molecule has 15 nitrogen and oxygen atoms in total. The number of methoxy groups -OCH3 is 1. The van der Waals surface area contributed by atoms with Crippen LogP contribution in [0.2, 0.25) is 0 Å². The van der Waals surface area contributed by atoms with Gasteiger partial charge in [0.1, 0.15) is 18.2 Å². The predicted molar refractivity (Wildman–Crippen MR) is 226 cm³/mol. The van der Waals surface area contributed by atoms with E-state index in [9.17, 15) is 28.8 Å². The summed E-state index contributed by atoms with van der Waals surface area (Å²) in [4.78, 5) is 70.4. The molecule has 0 aromatic rings. The van der Waals surface area contributed by atoms with E-state index < -0.39 is 17.8 Å². The molecule has 58 heavy (non-hydrogen) atoms. The fourth-order valence-electron chi connectivity index (χ4n) is 5.11. The summed E-state index contributed by atoms with van der Waals surface area (Å²) >= 11 is 0. The molecular weight excluding hydrogens is 750 g/mol. The number of unbranched alkanes of at least 4 members (excludes halogenated alkanes) is 14. The highest BCUT2D eigenvalue weighted by molar-refractivity contribution is 5.78. The summed E-state index contributed by atoms with van der Waals surface area (Å²) in [6.45, 7) is 9.40. The molecule has 0 radical (unpaired) electrons. The van der Waals surface area contributed by atoms with Crippen LogP contribution >= 0.6 is 0 Å². The minimum atomic E-state index is -0.683. The summed E-state index contributed by atoms with van der Waals surface area (Å²) in [7, 11) is 1.55. The quantitative estimate of drug-likeness (QED) is 0.0335. The molecule has 0 saturated heterocycles. The molecule has 6 N–H and O–H groups in total. The van der Waals surface area contributed by atoms with Gasteiger partial charge in [-0.1, -0.05) is 104 Å². The van der Waals surface area contributed by atoms with Crippen molar-refractivity contribution < 1.29 is 58.0 Å². The van der Waals surface area contributed by atoms with Crippen LogP contribution in [-0.4, -0.2) is 105 Å². The zero-order valence-corrected chi connectivity index (χ0v) is 36.9. The molecule has 0 spiro atoms. The Morgan fingerprint density at radius 3 is 1.60 bits per heavy atom. The van der Waals surface area contributed by atoms with Crippen molar-refractivity contribution in [1.29, 1.82) is 0 Å². The van der Waals surface area contributed by atoms with Gasteiger partial charge in [-0.05, 0) is 39.0 Å². The number of aliphatic carboxylic acids is 1. The van der Waals surface area contributed by atoms with Gasteiger partial charge in [0.25, 0.3) is 5.91 Å². The summed E-state index contributed by atoms with van der Waals surface area (Å²) < 4.78 is 15.4. The monoisotopic (exact) mass is 834 g/mol. The summed E-state index contributed by atoms with van der Waals surface area (Å²) in [5.41, 5.74) is 7.01. The third kappa shape index (κ3) is 51.0. The van der Waals surface area contributed by atoms with Crippen molar-refractivity contribution in [3.05, 3.63) is 0 Å². The highest BCUT2D eigenvalue weighted by atomic mass is 16.7. The van der Waals surface area contributed by atoms with Gasteiger partial charge < -0.3 is 35.5 Å². The first-order chi connectivity index (χ1) is 27.8. The molecule has 0 bridgehead atoms. The van der Waals surface area contributed by atoms with Gasteiger partial charge in [-0.25, -0.2) is 5.48 Å². The van der Waals surface area contributed by atoms with E-state index in [0.717, 1.165) is 64.3 Å². The number of aliphatic hydroxyl groups excluding tert-OH is 1. The van der Waals surface area contributed by atoms with E-state index in [0.29, 0.717) is 57.9 Å². The third-order valence-corrected chi connectivity index (χ3v) is 9.18. The number of aliphatic hydroxyl groups is 1. The lowest BCUT2D eigenvalue weighted by Crippen LogP contribution is -2.29. The molecule has 2 atom stereocenters. The molecule has 0 rings (SSSR count). The number of nitrogens with two attached hydrogens (primary N) is 1. The van der Waals surface area contributed by atoms with Crippen LogP contribution in [0, 0.1) is 11.8 Å². The fraction of sp³-hybridized carbons (Fsp3) is 0.860. The fourth-order valence-corrected chi connectivity index (χ4v) is 5.11. The number of Topliss-reactive ketones (excluding diaryl/α,β-unsaturated/α-hetero) is 2. The van der Waals surface area contributed by atoms with Crippen molar-refractivity contribution in [3.8, 4) is 0 Å². The lowest BCUT2D eigenvalue weighted by Gasteiger charge is -2.07. The van der Waals surface area contributed by atoms with Gasteiger partial charge in [0, 0.05) is 51.9 Å². The Bertz CT molecular complexity index is 1020. The minimum absolute atomic E-state index is 0.0885. The number of ether oxygens (including phenoxy) is 3. The second kappa shape index (κ2) is 46.7. The van der Waals surface area contributed by atoms with Crippen LogP contribution in [0.3, 0.4) is 0 Å². The Labute approximate surface area is 349 Å². The number of carbonyl (C=O) groups excluding carboxylic acids is 5. The van der Waals surface area contributed by atoms with Gasteiger partial charge in [0.15, 0.2) is 0 Å². The lowest BCUT2D eigenvalue weighted by molar-refractivity contribution is -0.140. The number of carboxylic acid groups (broad SMARTS) is 1. The average molecular weight is 834 g/mol. The van der Waals surface area contributed by atoms with E-state index in [-0.39, 0.29) is 43.3 Å². The molecule has 0 aromatic carbocycles. The summed E-state index contributed by atoms with van der Waals surface area (Å²) in [6, 6.07) is 0. The number of ketones is 2. The Hall–Kier alpha value is -2.98. The molecule has 0 aromatic heterocycles. The molecule has 0 aliphatic rings. The number of nitrogens with one attached hydrogen (secondary N) is 2. The second-order valence-electron chi connectivity index (χ2n) is 14.7. The molecule has 0 fully saturated rings. The average Bonchev–Trinajstić information content (AvgIpc) is 3.19. The predicted octanol–water partition coefficient (Wildman–Crippen LogP) is 6.40. The van der Waals surface area contributed by atoms with Crippen molar-refractivity contribution in [3.63, 3.8) is 0 Å². The number of rotatable bonds is 39. The van der Waals surface area contributed by atoms with Crippen LogP contribution in [0.5, 0.6) is 0 Å². The number of carbonyl (C=O) groups is 6. The number of hydroxylamine groups is 1. The van der Waals surface area contributed by atoms with Crippen LogP contribution in [-0.2, 0) is 47.8 Å².